The van der Waals surface area contributed by atoms with E-state index in [0.717, 1.165) is 0 Å². The number of rotatable bonds is 2. The predicted octanol–water partition coefficient (Wildman–Crippen LogP) is 3.39. The Morgan fingerprint density at radius 1 is 0.667 bits per heavy atom. The zero-order valence-electron chi connectivity index (χ0n) is 7.41. The topological polar surface area (TPSA) is 0 Å². The molecule has 0 unspecified atom stereocenters. The van der Waals surface area contributed by atoms with Crippen LogP contribution < -0.4 is 0 Å². The van der Waals surface area contributed by atoms with Crippen LogP contribution in [0.3, 0.4) is 0 Å². The molecule has 0 radical (unpaired) electrons. The molecule has 0 aliphatic heterocycles. The summed E-state index contributed by atoms with van der Waals surface area (Å²) in [5.41, 5.74) is 0. The molecule has 0 N–H and O–H groups in total. The Labute approximate surface area is 69.8 Å². The first-order chi connectivity index (χ1) is 3.71. The van der Waals surface area contributed by atoms with Gasteiger partial charge in [0, 0.05) is 0 Å². The monoisotopic (exact) mass is 538 g/mol. The second-order valence-corrected chi connectivity index (χ2v) is 82.1. The normalized spacial score (nSPS) is 14.0. The predicted molar refractivity (Wildman–Crippen MR) is 54.3 cm³/mol. The van der Waals surface area contributed by atoms with E-state index in [0.29, 0.717) is 0 Å². The van der Waals surface area contributed by atoms with Crippen LogP contribution in [0.5, 0.6) is 0 Å². The molecule has 3 heteroatoms. The van der Waals surface area contributed by atoms with E-state index in [1.807, 2.05) is 0 Å². The Hall–Kier alpha value is 2.19. The minimum atomic E-state index is -1.54. The van der Waals surface area contributed by atoms with Crippen molar-refractivity contribution < 1.29 is 0 Å². The molecule has 0 bridgehead atoms. The molecule has 0 saturated carbocycles. The van der Waals surface area contributed by atoms with Crippen molar-refractivity contribution in [2.45, 2.75) is 26.9 Å². The van der Waals surface area contributed by atoms with Gasteiger partial charge in [-0.15, -0.1) is 0 Å². The summed E-state index contributed by atoms with van der Waals surface area (Å²) in [6, 6.07) is 0. The maximum atomic E-state index is 2.53. The third-order valence-electron chi connectivity index (χ3n) is 0.612. The SMILES string of the molecule is [CH3][Pb]([CH3])([CH3])[S][Pb]([CH3])([CH3])[CH3]. The van der Waals surface area contributed by atoms with Crippen molar-refractivity contribution in [2.24, 2.45) is 0 Å². The van der Waals surface area contributed by atoms with Gasteiger partial charge >= 0.3 is 71.1 Å². The van der Waals surface area contributed by atoms with Gasteiger partial charge in [-0.05, 0) is 0 Å². The fourth-order valence-corrected chi connectivity index (χ4v) is 212. The molecule has 0 aliphatic carbocycles. The van der Waals surface area contributed by atoms with Gasteiger partial charge in [0.15, 0.2) is 0 Å². The van der Waals surface area contributed by atoms with Crippen LogP contribution in [0.1, 0.15) is 0 Å². The average Bonchev–Trinajstić information content (AvgIpc) is 1.14. The third-order valence-corrected chi connectivity index (χ3v) is 141. The number of hydrogen-bond acceptors (Lipinski definition) is 1. The maximum absolute atomic E-state index is 2.53. The molecule has 0 fully saturated rings. The Kier molecular flexibility index (Phi) is 4.64. The molecule has 56 valence electrons. The zero-order chi connectivity index (χ0) is 7.71. The van der Waals surface area contributed by atoms with E-state index in [1.54, 1.807) is 0 Å². The van der Waals surface area contributed by atoms with E-state index in [1.165, 1.54) is 0 Å². The van der Waals surface area contributed by atoms with Crippen molar-refractivity contribution in [1.29, 1.82) is 0 Å². The van der Waals surface area contributed by atoms with Gasteiger partial charge in [-0.25, -0.2) is 0 Å². The summed E-state index contributed by atoms with van der Waals surface area (Å²) in [5, 5.41) is 0. The quantitative estimate of drug-likeness (QED) is 0.488. The molecule has 0 atom stereocenters. The van der Waals surface area contributed by atoms with Crippen molar-refractivity contribution in [3.63, 3.8) is 0 Å². The molecule has 9 heavy (non-hydrogen) atoms. The van der Waals surface area contributed by atoms with E-state index in [4.69, 9.17) is 0 Å². The Bertz CT molecular complexity index is 76.2. The van der Waals surface area contributed by atoms with E-state index < -0.39 is 39.3 Å². The van der Waals surface area contributed by atoms with Crippen LogP contribution in [0.25, 0.3) is 0 Å². The van der Waals surface area contributed by atoms with Crippen molar-refractivity contribution in [1.82, 2.24) is 0 Å². The molecule has 0 amide bonds. The third kappa shape index (κ3) is 10.2. The van der Waals surface area contributed by atoms with E-state index in [-0.39, 0.29) is 0 Å². The fourth-order valence-electron chi connectivity index (χ4n) is 0.919. The van der Waals surface area contributed by atoms with Gasteiger partial charge in [0.2, 0.25) is 0 Å². The Balaban J connectivity index is 3.75. The molecule has 0 aromatic carbocycles. The van der Waals surface area contributed by atoms with E-state index in [2.05, 4.69) is 31.8 Å². The molecule has 0 rings (SSSR count). The summed E-state index contributed by atoms with van der Waals surface area (Å²) < 4.78 is 15.2. The first kappa shape index (κ1) is 11.2. The zero-order valence-corrected chi connectivity index (χ0v) is 16.0. The van der Waals surface area contributed by atoms with Gasteiger partial charge in [-0.2, -0.15) is 0 Å². The summed E-state index contributed by atoms with van der Waals surface area (Å²) in [6.45, 7) is 0. The molecule has 0 aromatic heterocycles. The van der Waals surface area contributed by atoms with E-state index in [9.17, 15) is 0 Å². The molecule has 0 heterocycles. The van der Waals surface area contributed by atoms with E-state index >= 15 is 0 Å². The van der Waals surface area contributed by atoms with Crippen LogP contribution in [-0.4, -0.2) is 39.3 Å². The fraction of sp³-hybridized carbons (Fsp3) is 1.00. The Morgan fingerprint density at radius 2 is 0.889 bits per heavy atom. The summed E-state index contributed by atoms with van der Waals surface area (Å²) in [4.78, 5) is 2.46. The van der Waals surface area contributed by atoms with Gasteiger partial charge in [0.25, 0.3) is 0 Å². The van der Waals surface area contributed by atoms with Gasteiger partial charge < -0.3 is 0 Å². The second kappa shape index (κ2) is 3.73. The van der Waals surface area contributed by atoms with Crippen molar-refractivity contribution in [2.75, 3.05) is 0 Å². The van der Waals surface area contributed by atoms with Crippen LogP contribution in [0, 0.1) is 0 Å². The Morgan fingerprint density at radius 3 is 0.889 bits per heavy atom. The van der Waals surface area contributed by atoms with Crippen molar-refractivity contribution >= 4 is 44.2 Å². The van der Waals surface area contributed by atoms with Crippen LogP contribution in [0.2, 0.25) is 26.9 Å². The summed E-state index contributed by atoms with van der Waals surface area (Å²) in [6.07, 6.45) is 0. The molecule has 0 aliphatic rings. The minimum absolute atomic E-state index is 1.54. The summed E-state index contributed by atoms with van der Waals surface area (Å²) in [5.74, 6) is 0. The van der Waals surface area contributed by atoms with Crippen molar-refractivity contribution in [3.05, 3.63) is 0 Å². The molecule has 0 spiro atoms. The molecule has 0 nitrogen and oxygen atoms in total. The van der Waals surface area contributed by atoms with Gasteiger partial charge in [0.05, 0.1) is 0 Å². The van der Waals surface area contributed by atoms with Gasteiger partial charge in [0.1, 0.15) is 0 Å². The standard InChI is InChI=1S/6CH3.2Pb.S/h6*1H3;;;. The van der Waals surface area contributed by atoms with Crippen LogP contribution in [0.15, 0.2) is 0 Å². The first-order valence-corrected chi connectivity index (χ1v) is 37.1. The van der Waals surface area contributed by atoms with Gasteiger partial charge in [-0.1, -0.05) is 0 Å². The average molecular weight is 537 g/mol. The molecule has 0 aromatic rings. The van der Waals surface area contributed by atoms with Crippen LogP contribution in [0.4, 0.5) is 0 Å². The molecule has 0 saturated heterocycles. The van der Waals surface area contributed by atoms with Crippen LogP contribution >= 0.6 is 4.86 Å². The molecular weight excluding hydrogens is 519 g/mol. The van der Waals surface area contributed by atoms with Gasteiger partial charge in [-0.3, -0.25) is 0 Å². The van der Waals surface area contributed by atoms with Crippen LogP contribution in [-0.2, 0) is 0 Å². The van der Waals surface area contributed by atoms with Crippen molar-refractivity contribution in [3.8, 4) is 0 Å². The first-order valence-electron chi connectivity index (χ1n) is 3.41. The summed E-state index contributed by atoms with van der Waals surface area (Å²) >= 11 is -3.09. The second-order valence-electron chi connectivity index (χ2n) is 4.33. The summed E-state index contributed by atoms with van der Waals surface area (Å²) in [7, 11) is 0. The number of hydrogen-bond donors (Lipinski definition) is 0. The molecular formula is C6H18Pb2S.